The van der Waals surface area contributed by atoms with Gasteiger partial charge in [0.05, 0.1) is 6.26 Å². The Morgan fingerprint density at radius 1 is 1.39 bits per heavy atom. The van der Waals surface area contributed by atoms with Gasteiger partial charge in [-0.25, -0.2) is 13.1 Å². The van der Waals surface area contributed by atoms with Gasteiger partial charge in [-0.1, -0.05) is 6.42 Å². The zero-order valence-electron chi connectivity index (χ0n) is 10.6. The number of hydrogen-bond donors (Lipinski definition) is 1. The molecule has 0 aromatic carbocycles. The summed E-state index contributed by atoms with van der Waals surface area (Å²) < 4.78 is 25.2. The molecule has 0 bridgehead atoms. The van der Waals surface area contributed by atoms with Gasteiger partial charge in [-0.05, 0) is 48.3 Å². The van der Waals surface area contributed by atoms with Crippen LogP contribution in [0.1, 0.15) is 30.9 Å². The fraction of sp³-hybridized carbons (Fsp3) is 0.667. The summed E-state index contributed by atoms with van der Waals surface area (Å²) in [5.74, 6) is 0. The van der Waals surface area contributed by atoms with E-state index in [9.17, 15) is 8.42 Å². The third-order valence-electron chi connectivity index (χ3n) is 3.30. The number of piperidine rings is 1. The zero-order chi connectivity index (χ0) is 13.0. The smallest absolute Gasteiger partial charge is 0.208 e. The maximum atomic E-state index is 11.3. The monoisotopic (exact) mass is 288 g/mol. The Kier molecular flexibility index (Phi) is 4.77. The minimum absolute atomic E-state index is 0.172. The van der Waals surface area contributed by atoms with Crippen molar-refractivity contribution in [2.75, 3.05) is 25.9 Å². The number of rotatable bonds is 5. The van der Waals surface area contributed by atoms with E-state index in [4.69, 9.17) is 0 Å². The molecule has 0 spiro atoms. The van der Waals surface area contributed by atoms with Crippen LogP contribution in [-0.4, -0.2) is 39.2 Å². The van der Waals surface area contributed by atoms with Crippen molar-refractivity contribution in [3.8, 4) is 0 Å². The van der Waals surface area contributed by atoms with Gasteiger partial charge in [0.15, 0.2) is 0 Å². The second-order valence-corrected chi connectivity index (χ2v) is 7.40. The van der Waals surface area contributed by atoms with Crippen molar-refractivity contribution in [1.29, 1.82) is 0 Å². The van der Waals surface area contributed by atoms with Crippen molar-refractivity contribution in [3.05, 3.63) is 22.4 Å². The summed E-state index contributed by atoms with van der Waals surface area (Å²) in [6.07, 6.45) is 4.92. The lowest BCUT2D eigenvalue weighted by atomic mass is 10.0. The van der Waals surface area contributed by atoms with Crippen molar-refractivity contribution in [3.63, 3.8) is 0 Å². The molecule has 1 aliphatic heterocycles. The number of likely N-dealkylation sites (tertiary alicyclic amines) is 1. The lowest BCUT2D eigenvalue weighted by Gasteiger charge is -2.34. The van der Waals surface area contributed by atoms with Crippen LogP contribution in [0.15, 0.2) is 16.8 Å². The molecule has 102 valence electrons. The summed E-state index contributed by atoms with van der Waals surface area (Å²) in [6.45, 7) is 2.59. The molecule has 2 rings (SSSR count). The molecule has 1 aromatic rings. The zero-order valence-corrected chi connectivity index (χ0v) is 12.3. The molecule has 0 radical (unpaired) electrons. The molecule has 6 heteroatoms. The van der Waals surface area contributed by atoms with Crippen LogP contribution in [0.3, 0.4) is 0 Å². The molecule has 18 heavy (non-hydrogen) atoms. The SMILES string of the molecule is CS(=O)(=O)NCC(c1ccsc1)N1CCCCC1. The first-order valence-electron chi connectivity index (χ1n) is 6.27. The predicted octanol–water partition coefficient (Wildman–Crippen LogP) is 1.82. The van der Waals surface area contributed by atoms with E-state index in [-0.39, 0.29) is 6.04 Å². The molecule has 4 nitrogen and oxygen atoms in total. The molecule has 1 atom stereocenters. The molecule has 0 aliphatic carbocycles. The largest absolute Gasteiger partial charge is 0.295 e. The second-order valence-electron chi connectivity index (χ2n) is 4.79. The average Bonchev–Trinajstić information content (AvgIpc) is 2.83. The Morgan fingerprint density at radius 3 is 2.67 bits per heavy atom. The Balaban J connectivity index is 2.07. The van der Waals surface area contributed by atoms with Gasteiger partial charge in [0, 0.05) is 12.6 Å². The molecule has 1 aromatic heterocycles. The lowest BCUT2D eigenvalue weighted by molar-refractivity contribution is 0.165. The molecule has 2 heterocycles. The highest BCUT2D eigenvalue weighted by Crippen LogP contribution is 2.25. The minimum Gasteiger partial charge on any atom is -0.295 e. The van der Waals surface area contributed by atoms with E-state index in [0.29, 0.717) is 6.54 Å². The topological polar surface area (TPSA) is 49.4 Å². The minimum atomic E-state index is -3.12. The number of sulfonamides is 1. The van der Waals surface area contributed by atoms with Gasteiger partial charge in [0.25, 0.3) is 0 Å². The van der Waals surface area contributed by atoms with Gasteiger partial charge < -0.3 is 0 Å². The van der Waals surface area contributed by atoms with Crippen molar-refractivity contribution in [1.82, 2.24) is 9.62 Å². The number of hydrogen-bond acceptors (Lipinski definition) is 4. The van der Waals surface area contributed by atoms with Gasteiger partial charge >= 0.3 is 0 Å². The number of thiophene rings is 1. The van der Waals surface area contributed by atoms with Gasteiger partial charge in [-0.2, -0.15) is 11.3 Å². The van der Waals surface area contributed by atoms with Gasteiger partial charge in [0.2, 0.25) is 10.0 Å². The summed E-state index contributed by atoms with van der Waals surface area (Å²) in [5, 5.41) is 4.16. The molecule has 1 aliphatic rings. The van der Waals surface area contributed by atoms with Gasteiger partial charge in [-0.3, -0.25) is 4.90 Å². The first kappa shape index (κ1) is 14.0. The van der Waals surface area contributed by atoms with Gasteiger partial charge in [-0.15, -0.1) is 0 Å². The van der Waals surface area contributed by atoms with E-state index in [1.807, 2.05) is 5.38 Å². The predicted molar refractivity (Wildman–Crippen MR) is 75.3 cm³/mol. The fourth-order valence-electron chi connectivity index (χ4n) is 2.38. The molecular formula is C12H20N2O2S2. The Bertz CT molecular complexity index is 450. The van der Waals surface area contributed by atoms with Crippen molar-refractivity contribution < 1.29 is 8.42 Å². The highest BCUT2D eigenvalue weighted by Gasteiger charge is 2.23. The Morgan fingerprint density at radius 2 is 2.11 bits per heavy atom. The van der Waals surface area contributed by atoms with Crippen molar-refractivity contribution in [2.45, 2.75) is 25.3 Å². The maximum absolute atomic E-state index is 11.3. The van der Waals surface area contributed by atoms with E-state index in [2.05, 4.69) is 21.1 Å². The number of nitrogens with zero attached hydrogens (tertiary/aromatic N) is 1. The quantitative estimate of drug-likeness (QED) is 0.899. The van der Waals surface area contributed by atoms with E-state index in [1.165, 1.54) is 31.1 Å². The summed E-state index contributed by atoms with van der Waals surface area (Å²) >= 11 is 1.66. The van der Waals surface area contributed by atoms with Crippen LogP contribution < -0.4 is 4.72 Å². The third kappa shape index (κ3) is 4.05. The first-order chi connectivity index (χ1) is 8.56. The molecule has 0 amide bonds. The fourth-order valence-corrected chi connectivity index (χ4v) is 3.55. The van der Waals surface area contributed by atoms with Crippen molar-refractivity contribution >= 4 is 21.4 Å². The van der Waals surface area contributed by atoms with Crippen LogP contribution in [-0.2, 0) is 10.0 Å². The molecular weight excluding hydrogens is 268 g/mol. The van der Waals surface area contributed by atoms with Gasteiger partial charge in [0.1, 0.15) is 0 Å². The highest BCUT2D eigenvalue weighted by molar-refractivity contribution is 7.88. The van der Waals surface area contributed by atoms with Crippen molar-refractivity contribution in [2.24, 2.45) is 0 Å². The molecule has 1 fully saturated rings. The number of nitrogens with one attached hydrogen (secondary N) is 1. The molecule has 1 saturated heterocycles. The van der Waals surface area contributed by atoms with Crippen LogP contribution in [0.4, 0.5) is 0 Å². The van der Waals surface area contributed by atoms with Crippen LogP contribution in [0.25, 0.3) is 0 Å². The standard InChI is InChI=1S/C12H20N2O2S2/c1-18(15,16)13-9-12(11-5-8-17-10-11)14-6-3-2-4-7-14/h5,8,10,12-13H,2-4,6-7,9H2,1H3. The molecule has 0 saturated carbocycles. The summed E-state index contributed by atoms with van der Waals surface area (Å²) in [7, 11) is -3.12. The normalized spacial score (nSPS) is 19.8. The Labute approximate surface area is 113 Å². The van der Waals surface area contributed by atoms with Crippen LogP contribution in [0, 0.1) is 0 Å². The first-order valence-corrected chi connectivity index (χ1v) is 9.10. The van der Waals surface area contributed by atoms with E-state index in [0.717, 1.165) is 13.1 Å². The van der Waals surface area contributed by atoms with E-state index >= 15 is 0 Å². The second kappa shape index (κ2) is 6.14. The summed E-state index contributed by atoms with van der Waals surface area (Å²) in [5.41, 5.74) is 1.22. The van der Waals surface area contributed by atoms with E-state index < -0.39 is 10.0 Å². The summed E-state index contributed by atoms with van der Waals surface area (Å²) in [4.78, 5) is 2.39. The highest BCUT2D eigenvalue weighted by atomic mass is 32.2. The lowest BCUT2D eigenvalue weighted by Crippen LogP contribution is -2.40. The summed E-state index contributed by atoms with van der Waals surface area (Å²) in [6, 6.07) is 2.26. The molecule has 1 N–H and O–H groups in total. The van der Waals surface area contributed by atoms with Crippen LogP contribution >= 0.6 is 11.3 Å². The van der Waals surface area contributed by atoms with Crippen LogP contribution in [0.2, 0.25) is 0 Å². The van der Waals surface area contributed by atoms with Crippen LogP contribution in [0.5, 0.6) is 0 Å². The van der Waals surface area contributed by atoms with E-state index in [1.54, 1.807) is 11.3 Å². The molecule has 1 unspecified atom stereocenters. The third-order valence-corrected chi connectivity index (χ3v) is 4.69. The average molecular weight is 288 g/mol. The maximum Gasteiger partial charge on any atom is 0.208 e. The Hall–Kier alpha value is -0.430.